The average molecular weight is 498 g/mol. The van der Waals surface area contributed by atoms with Gasteiger partial charge in [0.1, 0.15) is 11.9 Å². The minimum absolute atomic E-state index is 0. The Labute approximate surface area is 181 Å². The number of aliphatic imine (C=N–C) groups is 1. The number of hydrogen-bond donors (Lipinski definition) is 2. The van der Waals surface area contributed by atoms with Gasteiger partial charge in [-0.2, -0.15) is 5.26 Å². The minimum Gasteiger partial charge on any atom is -0.493 e. The van der Waals surface area contributed by atoms with Gasteiger partial charge in [-0.15, -0.1) is 24.0 Å². The molecule has 8 heteroatoms. The van der Waals surface area contributed by atoms with Crippen LogP contribution in [0.1, 0.15) is 18.1 Å². The molecule has 0 saturated heterocycles. The Balaban J connectivity index is 0.00000392. The van der Waals surface area contributed by atoms with Gasteiger partial charge in [0.15, 0.2) is 17.5 Å². The zero-order valence-electron chi connectivity index (χ0n) is 16.0. The molecule has 0 aromatic heterocycles. The number of nitriles is 1. The van der Waals surface area contributed by atoms with E-state index in [4.69, 9.17) is 14.7 Å². The molecule has 6 nitrogen and oxygen atoms in total. The van der Waals surface area contributed by atoms with E-state index in [0.29, 0.717) is 35.1 Å². The third kappa shape index (κ3) is 6.88. The fourth-order valence-electron chi connectivity index (χ4n) is 2.39. The lowest BCUT2D eigenvalue weighted by molar-refractivity contribution is 0.213. The van der Waals surface area contributed by atoms with Crippen LogP contribution in [0.4, 0.5) is 4.39 Å². The molecule has 28 heavy (non-hydrogen) atoms. The van der Waals surface area contributed by atoms with Crippen molar-refractivity contribution in [2.45, 2.75) is 19.6 Å². The molecule has 0 saturated carbocycles. The van der Waals surface area contributed by atoms with Crippen LogP contribution in [0.15, 0.2) is 47.5 Å². The Kier molecular flexibility index (Phi) is 10.1. The lowest BCUT2D eigenvalue weighted by Gasteiger charge is -2.19. The first-order valence-electron chi connectivity index (χ1n) is 8.50. The molecule has 2 N–H and O–H groups in total. The van der Waals surface area contributed by atoms with Crippen LogP contribution in [0.2, 0.25) is 0 Å². The van der Waals surface area contributed by atoms with E-state index < -0.39 is 0 Å². The van der Waals surface area contributed by atoms with E-state index in [-0.39, 0.29) is 42.4 Å². The van der Waals surface area contributed by atoms with E-state index in [1.165, 1.54) is 18.2 Å². The van der Waals surface area contributed by atoms with Crippen LogP contribution in [0.5, 0.6) is 11.5 Å². The largest absolute Gasteiger partial charge is 0.493 e. The second kappa shape index (κ2) is 12.0. The predicted octanol–water partition coefficient (Wildman–Crippen LogP) is 3.46. The number of para-hydroxylation sites is 2. The summed E-state index contributed by atoms with van der Waals surface area (Å²) in [6, 6.07) is 13.7. The normalized spacial score (nSPS) is 11.6. The number of nitrogens with one attached hydrogen (secondary N) is 2. The van der Waals surface area contributed by atoms with Crippen LogP contribution >= 0.6 is 24.0 Å². The molecule has 1 unspecified atom stereocenters. The molecule has 2 aromatic carbocycles. The van der Waals surface area contributed by atoms with E-state index in [1.54, 1.807) is 14.2 Å². The first kappa shape index (κ1) is 23.5. The van der Waals surface area contributed by atoms with Crippen molar-refractivity contribution < 1.29 is 13.9 Å². The van der Waals surface area contributed by atoms with E-state index in [1.807, 2.05) is 37.3 Å². The lowest BCUT2D eigenvalue weighted by atomic mass is 10.1. The van der Waals surface area contributed by atoms with Gasteiger partial charge in [0.05, 0.1) is 25.3 Å². The van der Waals surface area contributed by atoms with E-state index in [2.05, 4.69) is 15.6 Å². The fourth-order valence-corrected chi connectivity index (χ4v) is 2.39. The molecule has 2 aromatic rings. The average Bonchev–Trinajstić information content (AvgIpc) is 2.69. The number of benzene rings is 2. The monoisotopic (exact) mass is 498 g/mol. The first-order valence-corrected chi connectivity index (χ1v) is 8.50. The Morgan fingerprint density at radius 2 is 1.93 bits per heavy atom. The van der Waals surface area contributed by atoms with Crippen molar-refractivity contribution in [3.8, 4) is 17.6 Å². The van der Waals surface area contributed by atoms with Crippen LogP contribution < -0.4 is 20.1 Å². The van der Waals surface area contributed by atoms with Gasteiger partial charge in [-0.25, -0.2) is 4.39 Å². The van der Waals surface area contributed by atoms with Crippen molar-refractivity contribution in [3.63, 3.8) is 0 Å². The first-order chi connectivity index (χ1) is 13.1. The second-order valence-electron chi connectivity index (χ2n) is 5.80. The second-order valence-corrected chi connectivity index (χ2v) is 5.80. The number of ether oxygens (including phenoxy) is 2. The lowest BCUT2D eigenvalue weighted by Crippen LogP contribution is -2.41. The van der Waals surface area contributed by atoms with Gasteiger partial charge in [0, 0.05) is 19.2 Å². The van der Waals surface area contributed by atoms with Crippen LogP contribution in [-0.4, -0.2) is 32.8 Å². The molecule has 0 heterocycles. The Bertz CT molecular complexity index is 839. The summed E-state index contributed by atoms with van der Waals surface area (Å²) >= 11 is 0. The zero-order valence-corrected chi connectivity index (χ0v) is 18.4. The van der Waals surface area contributed by atoms with Crippen LogP contribution in [-0.2, 0) is 6.54 Å². The SMILES string of the molecule is CN=C(NCc1cc(C#N)ccc1F)NCC(C)Oc1ccccc1OC.I. The summed E-state index contributed by atoms with van der Waals surface area (Å²) in [6.07, 6.45) is -0.154. The Morgan fingerprint density at radius 1 is 1.21 bits per heavy atom. The summed E-state index contributed by atoms with van der Waals surface area (Å²) in [5, 5.41) is 15.1. The summed E-state index contributed by atoms with van der Waals surface area (Å²) < 4.78 is 25.0. The van der Waals surface area contributed by atoms with Gasteiger partial charge < -0.3 is 20.1 Å². The smallest absolute Gasteiger partial charge is 0.191 e. The summed E-state index contributed by atoms with van der Waals surface area (Å²) in [5.41, 5.74) is 0.810. The molecule has 1 atom stereocenters. The highest BCUT2D eigenvalue weighted by Crippen LogP contribution is 2.26. The number of guanidine groups is 1. The maximum atomic E-state index is 13.8. The van der Waals surface area contributed by atoms with E-state index in [0.717, 1.165) is 0 Å². The summed E-state index contributed by atoms with van der Waals surface area (Å²) in [7, 11) is 3.22. The topological polar surface area (TPSA) is 78.7 Å². The Hall–Kier alpha value is -2.54. The van der Waals surface area contributed by atoms with Gasteiger partial charge in [0.25, 0.3) is 0 Å². The van der Waals surface area contributed by atoms with Crippen LogP contribution in [0.25, 0.3) is 0 Å². The van der Waals surface area contributed by atoms with Gasteiger partial charge >= 0.3 is 0 Å². The summed E-state index contributed by atoms with van der Waals surface area (Å²) in [6.45, 7) is 2.62. The predicted molar refractivity (Wildman–Crippen MR) is 118 cm³/mol. The van der Waals surface area contributed by atoms with Gasteiger partial charge in [-0.3, -0.25) is 4.99 Å². The molecule has 0 amide bonds. The molecular formula is C20H24FIN4O2. The maximum Gasteiger partial charge on any atom is 0.191 e. The molecule has 0 radical (unpaired) electrons. The summed E-state index contributed by atoms with van der Waals surface area (Å²) in [5.74, 6) is 1.46. The van der Waals surface area contributed by atoms with Gasteiger partial charge in [-0.1, -0.05) is 12.1 Å². The number of halogens is 2. The quantitative estimate of drug-likeness (QED) is 0.348. The number of methoxy groups -OCH3 is 1. The van der Waals surface area contributed by atoms with Crippen LogP contribution in [0.3, 0.4) is 0 Å². The number of rotatable bonds is 7. The molecule has 0 fully saturated rings. The molecule has 0 aliphatic rings. The molecule has 150 valence electrons. The number of hydrogen-bond acceptors (Lipinski definition) is 4. The maximum absolute atomic E-state index is 13.8. The van der Waals surface area contributed by atoms with E-state index in [9.17, 15) is 4.39 Å². The fraction of sp³-hybridized carbons (Fsp3) is 0.300. The van der Waals surface area contributed by atoms with Crippen LogP contribution in [0, 0.1) is 17.1 Å². The van der Waals surface area contributed by atoms with Gasteiger partial charge in [-0.05, 0) is 37.3 Å². The molecule has 0 aliphatic heterocycles. The van der Waals surface area contributed by atoms with Crippen molar-refractivity contribution in [1.82, 2.24) is 10.6 Å². The zero-order chi connectivity index (χ0) is 19.6. The molecule has 0 spiro atoms. The number of nitrogens with zero attached hydrogens (tertiary/aromatic N) is 2. The third-order valence-corrected chi connectivity index (χ3v) is 3.80. The summed E-state index contributed by atoms with van der Waals surface area (Å²) in [4.78, 5) is 4.11. The highest BCUT2D eigenvalue weighted by molar-refractivity contribution is 14.0. The van der Waals surface area contributed by atoms with E-state index >= 15 is 0 Å². The Morgan fingerprint density at radius 3 is 2.57 bits per heavy atom. The highest BCUT2D eigenvalue weighted by Gasteiger charge is 2.10. The molecule has 0 aliphatic carbocycles. The van der Waals surface area contributed by atoms with Crippen molar-refractivity contribution >= 4 is 29.9 Å². The van der Waals surface area contributed by atoms with Crippen molar-refractivity contribution in [3.05, 3.63) is 59.4 Å². The van der Waals surface area contributed by atoms with Gasteiger partial charge in [0.2, 0.25) is 0 Å². The molecule has 0 bridgehead atoms. The minimum atomic E-state index is -0.371. The third-order valence-electron chi connectivity index (χ3n) is 3.80. The highest BCUT2D eigenvalue weighted by atomic mass is 127. The standard InChI is InChI=1S/C20H23FN4O2.HI/c1-14(27-19-7-5-4-6-18(19)26-3)12-24-20(23-2)25-13-16-10-15(11-22)8-9-17(16)21;/h4-10,14H,12-13H2,1-3H3,(H2,23,24,25);1H. The van der Waals surface area contributed by atoms with Crippen molar-refractivity contribution in [2.75, 3.05) is 20.7 Å². The van der Waals surface area contributed by atoms with Crippen molar-refractivity contribution in [2.24, 2.45) is 4.99 Å². The van der Waals surface area contributed by atoms with Crippen molar-refractivity contribution in [1.29, 1.82) is 5.26 Å². The molecular weight excluding hydrogens is 474 g/mol. The molecule has 2 rings (SSSR count).